The molecule has 0 saturated carbocycles. The molecule has 2 aromatic rings. The third-order valence-electron chi connectivity index (χ3n) is 3.61. The SMILES string of the molecule is COc1cccc(C(O)CN(C)S(=O)(=O)c2cccc(C)c2)c1. The van der Waals surface area contributed by atoms with Crippen molar-refractivity contribution in [3.8, 4) is 5.75 Å². The number of likely N-dealkylation sites (N-methyl/N-ethyl adjacent to an activating group) is 1. The number of hydrogen-bond donors (Lipinski definition) is 1. The van der Waals surface area contributed by atoms with E-state index < -0.39 is 16.1 Å². The maximum Gasteiger partial charge on any atom is 0.242 e. The molecule has 1 atom stereocenters. The lowest BCUT2D eigenvalue weighted by Crippen LogP contribution is -2.31. The third kappa shape index (κ3) is 4.10. The van der Waals surface area contributed by atoms with Crippen LogP contribution in [0, 0.1) is 6.92 Å². The molecule has 1 unspecified atom stereocenters. The van der Waals surface area contributed by atoms with Crippen molar-refractivity contribution < 1.29 is 18.3 Å². The fraction of sp³-hybridized carbons (Fsp3) is 0.294. The highest BCUT2D eigenvalue weighted by Gasteiger charge is 2.23. The first-order valence-electron chi connectivity index (χ1n) is 7.19. The lowest BCUT2D eigenvalue weighted by molar-refractivity contribution is 0.154. The van der Waals surface area contributed by atoms with Gasteiger partial charge < -0.3 is 9.84 Å². The summed E-state index contributed by atoms with van der Waals surface area (Å²) in [6.45, 7) is 1.80. The summed E-state index contributed by atoms with van der Waals surface area (Å²) in [5.41, 5.74) is 1.48. The van der Waals surface area contributed by atoms with Crippen LogP contribution in [0.4, 0.5) is 0 Å². The zero-order valence-electron chi connectivity index (χ0n) is 13.4. The molecular weight excluding hydrogens is 314 g/mol. The van der Waals surface area contributed by atoms with Gasteiger partial charge in [0, 0.05) is 13.6 Å². The Labute approximate surface area is 137 Å². The number of hydrogen-bond acceptors (Lipinski definition) is 4. The highest BCUT2D eigenvalue weighted by atomic mass is 32.2. The Morgan fingerprint density at radius 1 is 1.17 bits per heavy atom. The van der Waals surface area contributed by atoms with Crippen LogP contribution in [-0.4, -0.2) is 38.5 Å². The zero-order chi connectivity index (χ0) is 17.0. The normalized spacial score (nSPS) is 13.1. The number of ether oxygens (including phenoxy) is 1. The van der Waals surface area contributed by atoms with Gasteiger partial charge in [-0.2, -0.15) is 4.31 Å². The van der Waals surface area contributed by atoms with Gasteiger partial charge in [-0.3, -0.25) is 0 Å². The van der Waals surface area contributed by atoms with Crippen LogP contribution in [0.3, 0.4) is 0 Å². The molecule has 6 heteroatoms. The predicted molar refractivity (Wildman–Crippen MR) is 88.9 cm³/mol. The summed E-state index contributed by atoms with van der Waals surface area (Å²) in [4.78, 5) is 0.220. The standard InChI is InChI=1S/C17H21NO4S/c1-13-6-4-9-16(10-13)23(20,21)18(2)12-17(19)14-7-5-8-15(11-14)22-3/h4-11,17,19H,12H2,1-3H3. The second kappa shape index (κ2) is 7.12. The van der Waals surface area contributed by atoms with Gasteiger partial charge in [-0.15, -0.1) is 0 Å². The topological polar surface area (TPSA) is 66.8 Å². The third-order valence-corrected chi connectivity index (χ3v) is 5.43. The highest BCUT2D eigenvalue weighted by molar-refractivity contribution is 7.89. The van der Waals surface area contributed by atoms with Gasteiger partial charge in [0.15, 0.2) is 0 Å². The van der Waals surface area contributed by atoms with E-state index in [0.29, 0.717) is 11.3 Å². The molecule has 0 aliphatic rings. The lowest BCUT2D eigenvalue weighted by Gasteiger charge is -2.21. The molecule has 0 aliphatic heterocycles. The van der Waals surface area contributed by atoms with Gasteiger partial charge in [0.05, 0.1) is 18.1 Å². The van der Waals surface area contributed by atoms with Crippen molar-refractivity contribution in [1.29, 1.82) is 0 Å². The van der Waals surface area contributed by atoms with Crippen molar-refractivity contribution in [1.82, 2.24) is 4.31 Å². The highest BCUT2D eigenvalue weighted by Crippen LogP contribution is 2.22. The monoisotopic (exact) mass is 335 g/mol. The number of methoxy groups -OCH3 is 1. The minimum absolute atomic E-state index is 0.0383. The Morgan fingerprint density at radius 2 is 1.87 bits per heavy atom. The molecule has 124 valence electrons. The minimum Gasteiger partial charge on any atom is -0.497 e. The predicted octanol–water partition coefficient (Wildman–Crippen LogP) is 2.36. The van der Waals surface area contributed by atoms with Crippen molar-refractivity contribution in [3.05, 3.63) is 59.7 Å². The minimum atomic E-state index is -3.64. The van der Waals surface area contributed by atoms with Gasteiger partial charge in [0.2, 0.25) is 10.0 Å². The number of sulfonamides is 1. The first kappa shape index (κ1) is 17.5. The Balaban J connectivity index is 2.18. The molecular formula is C17H21NO4S. The average molecular weight is 335 g/mol. The van der Waals surface area contributed by atoms with Crippen LogP contribution in [0.25, 0.3) is 0 Å². The zero-order valence-corrected chi connectivity index (χ0v) is 14.2. The Kier molecular flexibility index (Phi) is 5.41. The maximum atomic E-state index is 12.6. The molecule has 0 radical (unpaired) electrons. The van der Waals surface area contributed by atoms with Crippen molar-refractivity contribution in [2.75, 3.05) is 20.7 Å². The summed E-state index contributed by atoms with van der Waals surface area (Å²) in [6, 6.07) is 13.7. The lowest BCUT2D eigenvalue weighted by atomic mass is 10.1. The molecule has 0 fully saturated rings. The molecule has 23 heavy (non-hydrogen) atoms. The largest absolute Gasteiger partial charge is 0.497 e. The van der Waals surface area contributed by atoms with Crippen LogP contribution in [0.1, 0.15) is 17.2 Å². The van der Waals surface area contributed by atoms with Crippen molar-refractivity contribution in [2.24, 2.45) is 0 Å². The van der Waals surface area contributed by atoms with Gasteiger partial charge >= 0.3 is 0 Å². The molecule has 0 aromatic heterocycles. The number of aliphatic hydroxyl groups excluding tert-OH is 1. The fourth-order valence-corrected chi connectivity index (χ4v) is 3.53. The van der Waals surface area contributed by atoms with Crippen LogP contribution in [0.2, 0.25) is 0 Å². The van der Waals surface area contributed by atoms with Gasteiger partial charge in [-0.25, -0.2) is 8.42 Å². The van der Waals surface area contributed by atoms with Gasteiger partial charge in [0.25, 0.3) is 0 Å². The molecule has 5 nitrogen and oxygen atoms in total. The van der Waals surface area contributed by atoms with Crippen LogP contribution < -0.4 is 4.74 Å². The Hall–Kier alpha value is -1.89. The van der Waals surface area contributed by atoms with Gasteiger partial charge in [-0.1, -0.05) is 24.3 Å². The van der Waals surface area contributed by atoms with Gasteiger partial charge in [0.1, 0.15) is 5.75 Å². The number of benzene rings is 2. The van der Waals surface area contributed by atoms with E-state index in [4.69, 9.17) is 4.74 Å². The van der Waals surface area contributed by atoms with Gasteiger partial charge in [-0.05, 0) is 42.3 Å². The van der Waals surface area contributed by atoms with Crippen LogP contribution >= 0.6 is 0 Å². The van der Waals surface area contributed by atoms with Crippen molar-refractivity contribution in [3.63, 3.8) is 0 Å². The number of rotatable bonds is 6. The van der Waals surface area contributed by atoms with E-state index in [1.165, 1.54) is 7.05 Å². The summed E-state index contributed by atoms with van der Waals surface area (Å²) in [7, 11) is -0.637. The molecule has 0 aliphatic carbocycles. The molecule has 0 heterocycles. The van der Waals surface area contributed by atoms with E-state index in [9.17, 15) is 13.5 Å². The average Bonchev–Trinajstić information content (AvgIpc) is 2.54. The molecule has 0 spiro atoms. The summed E-state index contributed by atoms with van der Waals surface area (Å²) < 4.78 is 31.4. The number of aliphatic hydroxyl groups is 1. The summed E-state index contributed by atoms with van der Waals surface area (Å²) in [5, 5.41) is 10.3. The van der Waals surface area contributed by atoms with E-state index in [-0.39, 0.29) is 11.4 Å². The Bertz CT molecular complexity index is 774. The number of nitrogens with zero attached hydrogens (tertiary/aromatic N) is 1. The van der Waals surface area contributed by atoms with E-state index in [2.05, 4.69) is 0 Å². The fourth-order valence-electron chi connectivity index (χ4n) is 2.25. The maximum absolute atomic E-state index is 12.6. The van der Waals surface area contributed by atoms with Crippen molar-refractivity contribution in [2.45, 2.75) is 17.9 Å². The molecule has 2 aromatic carbocycles. The molecule has 0 amide bonds. The first-order valence-corrected chi connectivity index (χ1v) is 8.63. The smallest absolute Gasteiger partial charge is 0.242 e. The quantitative estimate of drug-likeness (QED) is 0.880. The van der Waals surface area contributed by atoms with Crippen molar-refractivity contribution >= 4 is 10.0 Å². The summed E-state index contributed by atoms with van der Waals surface area (Å²) in [5.74, 6) is 0.616. The second-order valence-corrected chi connectivity index (χ2v) is 7.44. The molecule has 1 N–H and O–H groups in total. The molecule has 0 bridgehead atoms. The van der Waals surface area contributed by atoms with Crippen LogP contribution in [0.5, 0.6) is 5.75 Å². The van der Waals surface area contributed by atoms with Crippen LogP contribution in [-0.2, 0) is 10.0 Å². The van der Waals surface area contributed by atoms with E-state index in [0.717, 1.165) is 9.87 Å². The molecule has 0 saturated heterocycles. The van der Waals surface area contributed by atoms with E-state index in [1.807, 2.05) is 13.0 Å². The number of aryl methyl sites for hydroxylation is 1. The van der Waals surface area contributed by atoms with E-state index >= 15 is 0 Å². The second-order valence-electron chi connectivity index (χ2n) is 5.39. The molecule has 2 rings (SSSR count). The first-order chi connectivity index (χ1) is 10.8. The van der Waals surface area contributed by atoms with Crippen LogP contribution in [0.15, 0.2) is 53.4 Å². The van der Waals surface area contributed by atoms with E-state index in [1.54, 1.807) is 49.6 Å². The summed E-state index contributed by atoms with van der Waals surface area (Å²) >= 11 is 0. The Morgan fingerprint density at radius 3 is 2.52 bits per heavy atom. The summed E-state index contributed by atoms with van der Waals surface area (Å²) in [6.07, 6.45) is -0.935.